The lowest BCUT2D eigenvalue weighted by atomic mass is 10.4. The Morgan fingerprint density at radius 1 is 1.17 bits per heavy atom. The lowest BCUT2D eigenvalue weighted by molar-refractivity contribution is -0.149. The summed E-state index contributed by atoms with van der Waals surface area (Å²) in [4.78, 5) is 10.8. The van der Waals surface area contributed by atoms with Gasteiger partial charge in [0.05, 0.1) is 6.61 Å². The van der Waals surface area contributed by atoms with E-state index in [2.05, 4.69) is 6.92 Å². The van der Waals surface area contributed by atoms with E-state index in [-0.39, 0.29) is 12.6 Å². The highest BCUT2D eigenvalue weighted by Gasteiger charge is 2.00. The van der Waals surface area contributed by atoms with Crippen LogP contribution in [0.2, 0.25) is 0 Å². The fourth-order valence-corrected chi connectivity index (χ4v) is 0.672. The zero-order valence-corrected chi connectivity index (χ0v) is 7.97. The molecular formula is C9H18O3. The summed E-state index contributed by atoms with van der Waals surface area (Å²) < 4.78 is 9.87. The summed E-state index contributed by atoms with van der Waals surface area (Å²) in [6, 6.07) is 0. The van der Waals surface area contributed by atoms with Gasteiger partial charge in [0, 0.05) is 6.61 Å². The van der Waals surface area contributed by atoms with Crippen LogP contribution < -0.4 is 0 Å². The predicted octanol–water partition coefficient (Wildman–Crippen LogP) is 1.76. The first-order valence-electron chi connectivity index (χ1n) is 4.54. The maximum absolute atomic E-state index is 10.8. The molecule has 0 heterocycles. The van der Waals surface area contributed by atoms with Crippen LogP contribution in [0.3, 0.4) is 0 Å². The Bertz CT molecular complexity index is 100. The van der Waals surface area contributed by atoms with Crippen molar-refractivity contribution in [3.05, 3.63) is 0 Å². The van der Waals surface area contributed by atoms with Crippen molar-refractivity contribution in [3.8, 4) is 0 Å². The molecule has 3 heteroatoms. The van der Waals surface area contributed by atoms with Crippen LogP contribution in [-0.2, 0) is 14.3 Å². The van der Waals surface area contributed by atoms with Gasteiger partial charge < -0.3 is 9.47 Å². The average molecular weight is 174 g/mol. The summed E-state index contributed by atoms with van der Waals surface area (Å²) in [5, 5.41) is 0. The maximum Gasteiger partial charge on any atom is 0.332 e. The molecule has 0 unspecified atom stereocenters. The fraction of sp³-hybridized carbons (Fsp3) is 0.889. The number of carbonyl (C=O) groups is 1. The van der Waals surface area contributed by atoms with Gasteiger partial charge in [-0.2, -0.15) is 0 Å². The number of ether oxygens (including phenoxy) is 2. The summed E-state index contributed by atoms with van der Waals surface area (Å²) in [5.74, 6) is -0.253. The minimum atomic E-state index is -0.253. The van der Waals surface area contributed by atoms with E-state index in [4.69, 9.17) is 9.47 Å². The molecule has 12 heavy (non-hydrogen) atoms. The minimum absolute atomic E-state index is 0.0948. The first-order chi connectivity index (χ1) is 5.81. The van der Waals surface area contributed by atoms with E-state index in [0.717, 1.165) is 19.3 Å². The van der Waals surface area contributed by atoms with E-state index in [1.165, 1.54) is 0 Å². The predicted molar refractivity (Wildman–Crippen MR) is 47.0 cm³/mol. The largest absolute Gasteiger partial charge is 0.464 e. The Kier molecular flexibility index (Phi) is 8.12. The standard InChI is InChI=1S/C9H18O3/c1-3-5-7-12-9(10)8-11-6-4-2/h3-8H2,1-2H3. The van der Waals surface area contributed by atoms with Gasteiger partial charge in [-0.1, -0.05) is 20.3 Å². The molecule has 0 bridgehead atoms. The van der Waals surface area contributed by atoms with E-state index >= 15 is 0 Å². The van der Waals surface area contributed by atoms with Crippen LogP contribution in [0.25, 0.3) is 0 Å². The number of esters is 1. The first-order valence-corrected chi connectivity index (χ1v) is 4.54. The van der Waals surface area contributed by atoms with E-state index in [9.17, 15) is 4.79 Å². The molecule has 0 aromatic rings. The topological polar surface area (TPSA) is 35.5 Å². The van der Waals surface area contributed by atoms with Crippen LogP contribution >= 0.6 is 0 Å². The third kappa shape index (κ3) is 7.54. The average Bonchev–Trinajstić information content (AvgIpc) is 2.06. The Labute approximate surface area is 74.0 Å². The van der Waals surface area contributed by atoms with Crippen LogP contribution in [0.15, 0.2) is 0 Å². The molecule has 0 radical (unpaired) electrons. The molecule has 0 aromatic heterocycles. The van der Waals surface area contributed by atoms with Crippen molar-refractivity contribution in [3.63, 3.8) is 0 Å². The van der Waals surface area contributed by atoms with Crippen LogP contribution in [0.4, 0.5) is 0 Å². The van der Waals surface area contributed by atoms with Crippen molar-refractivity contribution in [1.29, 1.82) is 0 Å². The third-order valence-corrected chi connectivity index (χ3v) is 1.33. The molecular weight excluding hydrogens is 156 g/mol. The lowest BCUT2D eigenvalue weighted by Crippen LogP contribution is -2.13. The highest BCUT2D eigenvalue weighted by Crippen LogP contribution is 1.89. The second kappa shape index (κ2) is 8.53. The molecule has 0 saturated carbocycles. The van der Waals surface area contributed by atoms with E-state index in [1.54, 1.807) is 0 Å². The van der Waals surface area contributed by atoms with E-state index < -0.39 is 0 Å². The molecule has 72 valence electrons. The molecule has 3 nitrogen and oxygen atoms in total. The Balaban J connectivity index is 3.10. The quantitative estimate of drug-likeness (QED) is 0.436. The fourth-order valence-electron chi connectivity index (χ4n) is 0.672. The number of hydrogen-bond acceptors (Lipinski definition) is 3. The van der Waals surface area contributed by atoms with Crippen molar-refractivity contribution < 1.29 is 14.3 Å². The molecule has 0 rings (SSSR count). The molecule has 0 aliphatic carbocycles. The van der Waals surface area contributed by atoms with Crippen molar-refractivity contribution in [2.75, 3.05) is 19.8 Å². The summed E-state index contributed by atoms with van der Waals surface area (Å²) in [7, 11) is 0. The van der Waals surface area contributed by atoms with E-state index in [1.807, 2.05) is 6.92 Å². The van der Waals surface area contributed by atoms with Gasteiger partial charge in [-0.05, 0) is 12.8 Å². The first kappa shape index (κ1) is 11.4. The molecule has 0 fully saturated rings. The Hall–Kier alpha value is -0.570. The second-order valence-corrected chi connectivity index (χ2v) is 2.63. The van der Waals surface area contributed by atoms with Gasteiger partial charge in [0.2, 0.25) is 0 Å². The van der Waals surface area contributed by atoms with E-state index in [0.29, 0.717) is 13.2 Å². The highest BCUT2D eigenvalue weighted by atomic mass is 16.6. The van der Waals surface area contributed by atoms with Crippen LogP contribution in [0, 0.1) is 0 Å². The van der Waals surface area contributed by atoms with Crippen molar-refractivity contribution in [2.24, 2.45) is 0 Å². The highest BCUT2D eigenvalue weighted by molar-refractivity contribution is 5.70. The SMILES string of the molecule is CCCCOC(=O)COCCC. The molecule has 0 aromatic carbocycles. The zero-order valence-electron chi connectivity index (χ0n) is 7.97. The minimum Gasteiger partial charge on any atom is -0.464 e. The number of carbonyl (C=O) groups excluding carboxylic acids is 1. The molecule has 0 saturated heterocycles. The molecule has 0 amide bonds. The number of rotatable bonds is 7. The molecule has 0 aliphatic heterocycles. The van der Waals surface area contributed by atoms with Gasteiger partial charge in [-0.15, -0.1) is 0 Å². The number of hydrogen-bond donors (Lipinski definition) is 0. The van der Waals surface area contributed by atoms with Crippen LogP contribution in [0.1, 0.15) is 33.1 Å². The normalized spacial score (nSPS) is 9.83. The van der Waals surface area contributed by atoms with Gasteiger partial charge in [-0.3, -0.25) is 0 Å². The third-order valence-electron chi connectivity index (χ3n) is 1.33. The van der Waals surface area contributed by atoms with Crippen LogP contribution in [-0.4, -0.2) is 25.8 Å². The van der Waals surface area contributed by atoms with Gasteiger partial charge in [0.1, 0.15) is 6.61 Å². The molecule has 0 atom stereocenters. The monoisotopic (exact) mass is 174 g/mol. The molecule has 0 N–H and O–H groups in total. The Morgan fingerprint density at radius 2 is 1.92 bits per heavy atom. The summed E-state index contributed by atoms with van der Waals surface area (Å²) in [6.45, 7) is 5.30. The van der Waals surface area contributed by atoms with Crippen LogP contribution in [0.5, 0.6) is 0 Å². The molecule has 0 spiro atoms. The van der Waals surface area contributed by atoms with Crippen molar-refractivity contribution in [1.82, 2.24) is 0 Å². The van der Waals surface area contributed by atoms with Gasteiger partial charge >= 0.3 is 5.97 Å². The summed E-state index contributed by atoms with van der Waals surface area (Å²) in [5.41, 5.74) is 0. The molecule has 0 aliphatic rings. The summed E-state index contributed by atoms with van der Waals surface area (Å²) in [6.07, 6.45) is 2.91. The Morgan fingerprint density at radius 3 is 2.50 bits per heavy atom. The smallest absolute Gasteiger partial charge is 0.332 e. The van der Waals surface area contributed by atoms with Gasteiger partial charge in [-0.25, -0.2) is 4.79 Å². The van der Waals surface area contributed by atoms with Crippen molar-refractivity contribution in [2.45, 2.75) is 33.1 Å². The summed E-state index contributed by atoms with van der Waals surface area (Å²) >= 11 is 0. The maximum atomic E-state index is 10.8. The van der Waals surface area contributed by atoms with Crippen molar-refractivity contribution >= 4 is 5.97 Å². The second-order valence-electron chi connectivity index (χ2n) is 2.63. The van der Waals surface area contributed by atoms with Gasteiger partial charge in [0.15, 0.2) is 0 Å². The number of unbranched alkanes of at least 4 members (excludes halogenated alkanes) is 1. The van der Waals surface area contributed by atoms with Gasteiger partial charge in [0.25, 0.3) is 0 Å². The lowest BCUT2D eigenvalue weighted by Gasteiger charge is -2.03. The zero-order chi connectivity index (χ0) is 9.23.